The van der Waals surface area contributed by atoms with Gasteiger partial charge in [-0.05, 0) is 44.2 Å². The molecule has 0 aliphatic carbocycles. The van der Waals surface area contributed by atoms with Gasteiger partial charge in [0.1, 0.15) is 17.5 Å². The minimum absolute atomic E-state index is 0.248. The van der Waals surface area contributed by atoms with E-state index in [9.17, 15) is 8.42 Å². The van der Waals surface area contributed by atoms with E-state index in [1.807, 2.05) is 17.9 Å². The van der Waals surface area contributed by atoms with Crippen LogP contribution < -0.4 is 9.64 Å². The van der Waals surface area contributed by atoms with Gasteiger partial charge in [-0.25, -0.2) is 18.4 Å². The van der Waals surface area contributed by atoms with Gasteiger partial charge >= 0.3 is 0 Å². The molecule has 142 valence electrons. The van der Waals surface area contributed by atoms with Gasteiger partial charge in [0.25, 0.3) is 0 Å². The summed E-state index contributed by atoms with van der Waals surface area (Å²) in [5.41, 5.74) is 1.02. The maximum absolute atomic E-state index is 12.8. The van der Waals surface area contributed by atoms with Gasteiger partial charge in [0.15, 0.2) is 0 Å². The third-order valence-electron chi connectivity index (χ3n) is 4.25. The van der Waals surface area contributed by atoms with Gasteiger partial charge < -0.3 is 9.64 Å². The number of rotatable bonds is 5. The summed E-state index contributed by atoms with van der Waals surface area (Å²) in [5.74, 6) is 1.11. The molecule has 1 saturated heterocycles. The van der Waals surface area contributed by atoms with Crippen LogP contribution in [0.1, 0.15) is 18.3 Å². The lowest BCUT2D eigenvalue weighted by molar-refractivity contribution is 0.340. The third kappa shape index (κ3) is 4.18. The number of hydrogen-bond acceptors (Lipinski definition) is 7. The molecule has 8 nitrogen and oxygen atoms in total. The standard InChI is InChI=1S/C18H21N5O3S/c1-3-26-16-4-6-17(7-5-16)27(24,25)23-10-8-22(9-11-23)18-20-14(2)12-15(13-19)21-18/h4-7,12H,3,8-11H2,1-2H3. The zero-order valence-electron chi connectivity index (χ0n) is 15.3. The molecule has 27 heavy (non-hydrogen) atoms. The van der Waals surface area contributed by atoms with Crippen molar-refractivity contribution in [2.75, 3.05) is 37.7 Å². The van der Waals surface area contributed by atoms with E-state index in [4.69, 9.17) is 10.00 Å². The molecule has 2 aromatic rings. The summed E-state index contributed by atoms with van der Waals surface area (Å²) in [4.78, 5) is 10.7. The summed E-state index contributed by atoms with van der Waals surface area (Å²) in [6.45, 7) is 5.79. The molecule has 0 radical (unpaired) electrons. The highest BCUT2D eigenvalue weighted by molar-refractivity contribution is 7.89. The van der Waals surface area contributed by atoms with Crippen molar-refractivity contribution in [2.24, 2.45) is 0 Å². The fourth-order valence-corrected chi connectivity index (χ4v) is 4.33. The molecular formula is C18H21N5O3S. The van der Waals surface area contributed by atoms with Crippen molar-refractivity contribution in [2.45, 2.75) is 18.7 Å². The number of hydrogen-bond donors (Lipinski definition) is 0. The number of sulfonamides is 1. The predicted octanol–water partition coefficient (Wildman–Crippen LogP) is 1.57. The molecule has 1 fully saturated rings. The molecule has 0 N–H and O–H groups in total. The van der Waals surface area contributed by atoms with Crippen LogP contribution in [0.4, 0.5) is 5.95 Å². The fourth-order valence-electron chi connectivity index (χ4n) is 2.90. The summed E-state index contributed by atoms with van der Waals surface area (Å²) in [5, 5.41) is 9.06. The molecule has 0 amide bonds. The van der Waals surface area contributed by atoms with Crippen molar-refractivity contribution in [3.8, 4) is 11.8 Å². The molecule has 1 aromatic carbocycles. The summed E-state index contributed by atoms with van der Waals surface area (Å²) >= 11 is 0. The molecule has 9 heteroatoms. The molecule has 0 unspecified atom stereocenters. The number of nitriles is 1. The number of ether oxygens (including phenoxy) is 1. The van der Waals surface area contributed by atoms with Crippen LogP contribution in [0.3, 0.4) is 0 Å². The van der Waals surface area contributed by atoms with Gasteiger partial charge in [0.05, 0.1) is 11.5 Å². The minimum Gasteiger partial charge on any atom is -0.494 e. The summed E-state index contributed by atoms with van der Waals surface area (Å²) in [6, 6.07) is 10.1. The first kappa shape index (κ1) is 19.1. The van der Waals surface area contributed by atoms with Crippen LogP contribution in [-0.4, -0.2) is 55.5 Å². The fraction of sp³-hybridized carbons (Fsp3) is 0.389. The molecule has 2 heterocycles. The molecule has 1 aliphatic rings. The van der Waals surface area contributed by atoms with Crippen molar-refractivity contribution in [3.63, 3.8) is 0 Å². The van der Waals surface area contributed by atoms with E-state index in [1.165, 1.54) is 4.31 Å². The Kier molecular flexibility index (Phi) is 5.58. The normalized spacial score (nSPS) is 15.4. The Morgan fingerprint density at radius 1 is 1.15 bits per heavy atom. The first-order chi connectivity index (χ1) is 12.9. The van der Waals surface area contributed by atoms with Gasteiger partial charge in [-0.15, -0.1) is 0 Å². The van der Waals surface area contributed by atoms with Crippen LogP contribution in [0.2, 0.25) is 0 Å². The second-order valence-corrected chi connectivity index (χ2v) is 8.04. The molecule has 0 spiro atoms. The number of aryl methyl sites for hydroxylation is 1. The lowest BCUT2D eigenvalue weighted by atomic mass is 10.3. The monoisotopic (exact) mass is 387 g/mol. The Balaban J connectivity index is 1.71. The van der Waals surface area contributed by atoms with Crippen LogP contribution in [-0.2, 0) is 10.0 Å². The van der Waals surface area contributed by atoms with Gasteiger partial charge in [-0.2, -0.15) is 9.57 Å². The van der Waals surface area contributed by atoms with Crippen LogP contribution in [0, 0.1) is 18.3 Å². The average molecular weight is 387 g/mol. The molecule has 0 saturated carbocycles. The van der Waals surface area contributed by atoms with E-state index in [2.05, 4.69) is 9.97 Å². The van der Waals surface area contributed by atoms with E-state index in [0.29, 0.717) is 55.9 Å². The smallest absolute Gasteiger partial charge is 0.243 e. The van der Waals surface area contributed by atoms with E-state index in [-0.39, 0.29) is 4.90 Å². The van der Waals surface area contributed by atoms with Crippen LogP contribution in [0.5, 0.6) is 5.75 Å². The van der Waals surface area contributed by atoms with Gasteiger partial charge in [-0.3, -0.25) is 0 Å². The van der Waals surface area contributed by atoms with Gasteiger partial charge in [0, 0.05) is 31.9 Å². The molecular weight excluding hydrogens is 366 g/mol. The summed E-state index contributed by atoms with van der Waals surface area (Å²) < 4.78 is 32.5. The zero-order chi connectivity index (χ0) is 19.4. The van der Waals surface area contributed by atoms with Crippen molar-refractivity contribution < 1.29 is 13.2 Å². The van der Waals surface area contributed by atoms with Crippen molar-refractivity contribution >= 4 is 16.0 Å². The van der Waals surface area contributed by atoms with Crippen LogP contribution in [0.15, 0.2) is 35.2 Å². The van der Waals surface area contributed by atoms with Gasteiger partial charge in [-0.1, -0.05) is 0 Å². The van der Waals surface area contributed by atoms with Gasteiger partial charge in [0.2, 0.25) is 16.0 Å². The Morgan fingerprint density at radius 2 is 1.81 bits per heavy atom. The largest absolute Gasteiger partial charge is 0.494 e. The number of piperazine rings is 1. The molecule has 0 bridgehead atoms. The lowest BCUT2D eigenvalue weighted by Gasteiger charge is -2.34. The van der Waals surface area contributed by atoms with Crippen LogP contribution >= 0.6 is 0 Å². The highest BCUT2D eigenvalue weighted by atomic mass is 32.2. The Labute approximate surface area is 159 Å². The average Bonchev–Trinajstić information content (AvgIpc) is 2.68. The van der Waals surface area contributed by atoms with Crippen molar-refractivity contribution in [1.82, 2.24) is 14.3 Å². The SMILES string of the molecule is CCOc1ccc(S(=O)(=O)N2CCN(c3nc(C)cc(C#N)n3)CC2)cc1. The van der Waals surface area contributed by atoms with Crippen LogP contribution in [0.25, 0.3) is 0 Å². The Hall–Kier alpha value is -2.70. The van der Waals surface area contributed by atoms with E-state index in [0.717, 1.165) is 0 Å². The quantitative estimate of drug-likeness (QED) is 0.768. The second-order valence-electron chi connectivity index (χ2n) is 6.10. The maximum atomic E-state index is 12.8. The molecule has 1 aromatic heterocycles. The van der Waals surface area contributed by atoms with Crippen molar-refractivity contribution in [3.05, 3.63) is 41.7 Å². The number of anilines is 1. The van der Waals surface area contributed by atoms with E-state index < -0.39 is 10.0 Å². The minimum atomic E-state index is -3.56. The Morgan fingerprint density at radius 3 is 2.41 bits per heavy atom. The lowest BCUT2D eigenvalue weighted by Crippen LogP contribution is -2.49. The number of nitrogens with zero attached hydrogens (tertiary/aromatic N) is 5. The topological polar surface area (TPSA) is 99.4 Å². The zero-order valence-corrected chi connectivity index (χ0v) is 16.1. The highest BCUT2D eigenvalue weighted by Crippen LogP contribution is 2.22. The number of aromatic nitrogens is 2. The highest BCUT2D eigenvalue weighted by Gasteiger charge is 2.29. The van der Waals surface area contributed by atoms with Crippen molar-refractivity contribution in [1.29, 1.82) is 5.26 Å². The summed E-state index contributed by atoms with van der Waals surface area (Å²) in [7, 11) is -3.56. The maximum Gasteiger partial charge on any atom is 0.243 e. The van der Waals surface area contributed by atoms with E-state index in [1.54, 1.807) is 37.3 Å². The molecule has 1 aliphatic heterocycles. The Bertz CT molecular complexity index is 946. The predicted molar refractivity (Wildman–Crippen MR) is 100 cm³/mol. The van der Waals surface area contributed by atoms with E-state index >= 15 is 0 Å². The summed E-state index contributed by atoms with van der Waals surface area (Å²) in [6.07, 6.45) is 0. The molecule has 0 atom stereocenters. The first-order valence-electron chi connectivity index (χ1n) is 8.68. The third-order valence-corrected chi connectivity index (χ3v) is 6.16. The number of benzene rings is 1. The first-order valence-corrected chi connectivity index (χ1v) is 10.1. The molecule has 3 rings (SSSR count). The second kappa shape index (κ2) is 7.90.